The number of carbonyl (C=O) groups is 2. The van der Waals surface area contributed by atoms with Crippen LogP contribution in [0.2, 0.25) is 0 Å². The van der Waals surface area contributed by atoms with Crippen molar-refractivity contribution in [1.82, 2.24) is 10.6 Å². The Bertz CT molecular complexity index is 249. The highest BCUT2D eigenvalue weighted by Gasteiger charge is 2.19. The molecule has 0 aromatic rings. The molecular formula is C11H22N2O3S. The van der Waals surface area contributed by atoms with E-state index in [4.69, 9.17) is 0 Å². The average Bonchev–Trinajstić information content (AvgIpc) is 2.26. The Balaban J connectivity index is 3.99. The number of ether oxygens (including phenoxy) is 1. The fourth-order valence-corrected chi connectivity index (χ4v) is 2.09. The minimum Gasteiger partial charge on any atom is -0.467 e. The van der Waals surface area contributed by atoms with Gasteiger partial charge in [0.1, 0.15) is 6.04 Å². The summed E-state index contributed by atoms with van der Waals surface area (Å²) in [6, 6.07) is -0.612. The zero-order valence-corrected chi connectivity index (χ0v) is 11.7. The first kappa shape index (κ1) is 16.2. The summed E-state index contributed by atoms with van der Waals surface area (Å²) in [4.78, 5) is 22.3. The number of amides is 1. The van der Waals surface area contributed by atoms with Crippen molar-refractivity contribution in [1.29, 1.82) is 0 Å². The first-order valence-electron chi connectivity index (χ1n) is 5.55. The molecule has 0 aromatic carbocycles. The van der Waals surface area contributed by atoms with Gasteiger partial charge in [-0.15, -0.1) is 0 Å². The van der Waals surface area contributed by atoms with Gasteiger partial charge in [-0.2, -0.15) is 11.8 Å². The lowest BCUT2D eigenvalue weighted by atomic mass is 10.2. The summed E-state index contributed by atoms with van der Waals surface area (Å²) in [6.45, 7) is 4.72. The zero-order valence-electron chi connectivity index (χ0n) is 10.9. The van der Waals surface area contributed by atoms with Gasteiger partial charge in [0.15, 0.2) is 0 Å². The van der Waals surface area contributed by atoms with Crippen molar-refractivity contribution in [2.24, 2.45) is 5.92 Å². The molecule has 0 spiro atoms. The van der Waals surface area contributed by atoms with Crippen LogP contribution >= 0.6 is 11.8 Å². The van der Waals surface area contributed by atoms with Crippen LogP contribution in [0.15, 0.2) is 0 Å². The predicted octanol–water partition coefficient (Wildman–Crippen LogP) is 0.253. The molecule has 0 heterocycles. The summed E-state index contributed by atoms with van der Waals surface area (Å²) in [6.07, 6.45) is 2.06. The number of carbonyl (C=O) groups excluding carboxylic acids is 2. The average molecular weight is 262 g/mol. The highest BCUT2D eigenvalue weighted by Crippen LogP contribution is 2.02. The lowest BCUT2D eigenvalue weighted by molar-refractivity contribution is -0.144. The standard InChI is InChI=1S/C11H22N2O3S/c1-8(7-17-4)5-12-6-10(11(15)16-3)13-9(2)14/h8,10,12H,5-7H2,1-4H3,(H,13,14). The molecule has 0 aliphatic rings. The van der Waals surface area contributed by atoms with E-state index < -0.39 is 12.0 Å². The Morgan fingerprint density at radius 1 is 1.35 bits per heavy atom. The Kier molecular flexibility index (Phi) is 8.89. The maximum atomic E-state index is 11.4. The molecule has 0 fully saturated rings. The molecule has 2 N–H and O–H groups in total. The Labute approximate surface area is 107 Å². The highest BCUT2D eigenvalue weighted by molar-refractivity contribution is 7.98. The van der Waals surface area contributed by atoms with Crippen molar-refractivity contribution in [2.75, 3.05) is 32.2 Å². The lowest BCUT2D eigenvalue weighted by Crippen LogP contribution is -2.47. The minimum absolute atomic E-state index is 0.237. The summed E-state index contributed by atoms with van der Waals surface area (Å²) < 4.78 is 4.62. The van der Waals surface area contributed by atoms with Crippen molar-refractivity contribution in [3.8, 4) is 0 Å². The van der Waals surface area contributed by atoms with Gasteiger partial charge in [-0.3, -0.25) is 4.79 Å². The molecule has 17 heavy (non-hydrogen) atoms. The second-order valence-corrected chi connectivity index (χ2v) is 4.91. The fourth-order valence-electron chi connectivity index (χ4n) is 1.40. The molecule has 0 aromatic heterocycles. The summed E-state index contributed by atoms with van der Waals surface area (Å²) in [5, 5.41) is 5.72. The number of hydrogen-bond acceptors (Lipinski definition) is 5. The largest absolute Gasteiger partial charge is 0.467 e. The topological polar surface area (TPSA) is 67.4 Å². The summed E-state index contributed by atoms with van der Waals surface area (Å²) in [7, 11) is 1.31. The fraction of sp³-hybridized carbons (Fsp3) is 0.818. The van der Waals surface area contributed by atoms with Gasteiger partial charge in [0, 0.05) is 13.5 Å². The number of rotatable bonds is 8. The highest BCUT2D eigenvalue weighted by atomic mass is 32.2. The molecule has 100 valence electrons. The van der Waals surface area contributed by atoms with Gasteiger partial charge in [-0.25, -0.2) is 4.79 Å². The minimum atomic E-state index is -0.612. The van der Waals surface area contributed by atoms with Gasteiger partial charge in [-0.05, 0) is 24.5 Å². The third-order valence-corrected chi connectivity index (χ3v) is 3.06. The summed E-state index contributed by atoms with van der Waals surface area (Å²) >= 11 is 1.79. The molecule has 0 saturated heterocycles. The van der Waals surface area contributed by atoms with Crippen LogP contribution in [0.5, 0.6) is 0 Å². The number of esters is 1. The Morgan fingerprint density at radius 3 is 2.47 bits per heavy atom. The van der Waals surface area contributed by atoms with Crippen molar-refractivity contribution >= 4 is 23.6 Å². The number of thioether (sulfide) groups is 1. The molecule has 5 nitrogen and oxygen atoms in total. The van der Waals surface area contributed by atoms with Crippen molar-refractivity contribution < 1.29 is 14.3 Å². The number of hydrogen-bond donors (Lipinski definition) is 2. The lowest BCUT2D eigenvalue weighted by Gasteiger charge is -2.17. The van der Waals surface area contributed by atoms with Gasteiger partial charge in [-0.1, -0.05) is 6.92 Å². The molecule has 0 rings (SSSR count). The van der Waals surface area contributed by atoms with E-state index in [9.17, 15) is 9.59 Å². The van der Waals surface area contributed by atoms with E-state index in [1.54, 1.807) is 11.8 Å². The number of methoxy groups -OCH3 is 1. The van der Waals surface area contributed by atoms with Crippen molar-refractivity contribution in [2.45, 2.75) is 19.9 Å². The molecule has 0 aliphatic heterocycles. The van der Waals surface area contributed by atoms with E-state index in [0.717, 1.165) is 12.3 Å². The summed E-state index contributed by atoms with van der Waals surface area (Å²) in [5.74, 6) is 0.931. The molecule has 2 unspecified atom stereocenters. The van der Waals surface area contributed by atoms with E-state index >= 15 is 0 Å². The molecule has 0 radical (unpaired) electrons. The molecule has 0 saturated carbocycles. The SMILES string of the molecule is COC(=O)C(CNCC(C)CSC)NC(C)=O. The van der Waals surface area contributed by atoms with Crippen LogP contribution in [0.25, 0.3) is 0 Å². The van der Waals surface area contributed by atoms with Gasteiger partial charge in [0.05, 0.1) is 7.11 Å². The van der Waals surface area contributed by atoms with Gasteiger partial charge in [0.25, 0.3) is 0 Å². The summed E-state index contributed by atoms with van der Waals surface area (Å²) in [5.41, 5.74) is 0. The van der Waals surface area contributed by atoms with Crippen LogP contribution < -0.4 is 10.6 Å². The number of nitrogens with one attached hydrogen (secondary N) is 2. The normalized spacial score (nSPS) is 13.9. The third-order valence-electron chi connectivity index (χ3n) is 2.16. The van der Waals surface area contributed by atoms with Crippen LogP contribution in [0.1, 0.15) is 13.8 Å². The Morgan fingerprint density at radius 2 is 2.00 bits per heavy atom. The first-order chi connectivity index (χ1) is 8.01. The monoisotopic (exact) mass is 262 g/mol. The van der Waals surface area contributed by atoms with E-state index in [-0.39, 0.29) is 5.91 Å². The quantitative estimate of drug-likeness (QED) is 0.614. The van der Waals surface area contributed by atoms with E-state index in [0.29, 0.717) is 12.5 Å². The van der Waals surface area contributed by atoms with E-state index in [1.807, 2.05) is 0 Å². The first-order valence-corrected chi connectivity index (χ1v) is 6.95. The van der Waals surface area contributed by atoms with Gasteiger partial charge < -0.3 is 15.4 Å². The zero-order chi connectivity index (χ0) is 13.3. The smallest absolute Gasteiger partial charge is 0.329 e. The van der Waals surface area contributed by atoms with E-state index in [1.165, 1.54) is 14.0 Å². The van der Waals surface area contributed by atoms with Crippen molar-refractivity contribution in [3.63, 3.8) is 0 Å². The predicted molar refractivity (Wildman–Crippen MR) is 70.0 cm³/mol. The van der Waals surface area contributed by atoms with Crippen LogP contribution in [0.3, 0.4) is 0 Å². The van der Waals surface area contributed by atoms with E-state index in [2.05, 4.69) is 28.5 Å². The van der Waals surface area contributed by atoms with Gasteiger partial charge in [0.2, 0.25) is 5.91 Å². The second kappa shape index (κ2) is 9.30. The second-order valence-electron chi connectivity index (χ2n) is 4.00. The molecule has 0 bridgehead atoms. The van der Waals surface area contributed by atoms with Crippen molar-refractivity contribution in [3.05, 3.63) is 0 Å². The Hall–Kier alpha value is -0.750. The maximum Gasteiger partial charge on any atom is 0.329 e. The molecule has 2 atom stereocenters. The van der Waals surface area contributed by atoms with Crippen LogP contribution in [-0.2, 0) is 14.3 Å². The van der Waals surface area contributed by atoms with Crippen LogP contribution in [0, 0.1) is 5.92 Å². The maximum absolute atomic E-state index is 11.4. The molecule has 0 aliphatic carbocycles. The molecule has 1 amide bonds. The molecule has 6 heteroatoms. The molecular weight excluding hydrogens is 240 g/mol. The third kappa shape index (κ3) is 8.04. The van der Waals surface area contributed by atoms with Gasteiger partial charge >= 0.3 is 5.97 Å². The van der Waals surface area contributed by atoms with Crippen LogP contribution in [0.4, 0.5) is 0 Å². The van der Waals surface area contributed by atoms with Crippen LogP contribution in [-0.4, -0.2) is 50.1 Å².